The summed E-state index contributed by atoms with van der Waals surface area (Å²) in [5, 5.41) is 2.99. The van der Waals surface area contributed by atoms with Crippen LogP contribution in [0.5, 0.6) is 11.5 Å². The van der Waals surface area contributed by atoms with Gasteiger partial charge in [-0.2, -0.15) is 0 Å². The zero-order chi connectivity index (χ0) is 27.2. The zero-order valence-corrected chi connectivity index (χ0v) is 23.0. The Morgan fingerprint density at radius 2 is 1.73 bits per heavy atom. The molecule has 2 aromatic rings. The maximum atomic E-state index is 13.5. The van der Waals surface area contributed by atoms with E-state index in [1.54, 1.807) is 23.1 Å². The smallest absolute Gasteiger partial charge is 0.243 e. The van der Waals surface area contributed by atoms with Gasteiger partial charge in [-0.25, -0.2) is 8.42 Å². The van der Waals surface area contributed by atoms with Crippen LogP contribution in [0.15, 0.2) is 48.5 Å². The molecule has 0 saturated carbocycles. The largest absolute Gasteiger partial charge is 0.454 e. The van der Waals surface area contributed by atoms with Gasteiger partial charge in [0.2, 0.25) is 28.6 Å². The van der Waals surface area contributed by atoms with Gasteiger partial charge < -0.3 is 19.7 Å². The molecule has 0 fully saturated rings. The molecule has 1 heterocycles. The Labute approximate surface area is 219 Å². The van der Waals surface area contributed by atoms with E-state index in [0.717, 1.165) is 11.8 Å². The molecule has 9 nitrogen and oxygen atoms in total. The van der Waals surface area contributed by atoms with Crippen molar-refractivity contribution in [2.45, 2.75) is 65.1 Å². The van der Waals surface area contributed by atoms with Gasteiger partial charge >= 0.3 is 0 Å². The van der Waals surface area contributed by atoms with Crippen LogP contribution in [0.1, 0.15) is 52.5 Å². The summed E-state index contributed by atoms with van der Waals surface area (Å²) >= 11 is 0. The van der Waals surface area contributed by atoms with Gasteiger partial charge in [0.1, 0.15) is 6.04 Å². The average Bonchev–Trinajstić information content (AvgIpc) is 3.28. The van der Waals surface area contributed by atoms with Crippen molar-refractivity contribution in [1.82, 2.24) is 10.2 Å². The van der Waals surface area contributed by atoms with Crippen molar-refractivity contribution >= 4 is 27.5 Å². The van der Waals surface area contributed by atoms with Crippen LogP contribution < -0.4 is 19.1 Å². The van der Waals surface area contributed by atoms with Gasteiger partial charge in [-0.15, -0.1) is 0 Å². The van der Waals surface area contributed by atoms with Crippen molar-refractivity contribution in [3.05, 3.63) is 54.1 Å². The van der Waals surface area contributed by atoms with Crippen molar-refractivity contribution in [2.24, 2.45) is 0 Å². The minimum Gasteiger partial charge on any atom is -0.454 e. The van der Waals surface area contributed by atoms with Crippen LogP contribution in [0.4, 0.5) is 5.69 Å². The number of nitrogens with one attached hydrogen (secondary N) is 1. The number of carbonyl (C=O) groups is 2. The third kappa shape index (κ3) is 7.85. The van der Waals surface area contributed by atoms with Gasteiger partial charge in [0.05, 0.1) is 11.9 Å². The lowest BCUT2D eigenvalue weighted by molar-refractivity contribution is -0.142. The number of benzene rings is 2. The monoisotopic (exact) mass is 531 g/mol. The van der Waals surface area contributed by atoms with Gasteiger partial charge in [0.25, 0.3) is 0 Å². The Morgan fingerprint density at radius 3 is 2.35 bits per heavy atom. The molecular weight excluding hydrogens is 494 g/mol. The number of ether oxygens (including phenoxy) is 2. The van der Waals surface area contributed by atoms with E-state index in [1.807, 2.05) is 58.0 Å². The van der Waals surface area contributed by atoms with Crippen LogP contribution >= 0.6 is 0 Å². The molecule has 1 atom stereocenters. The molecule has 10 heteroatoms. The van der Waals surface area contributed by atoms with Crippen LogP contribution in [0.25, 0.3) is 0 Å². The number of carbonyl (C=O) groups excluding carboxylic acids is 2. The molecule has 1 aliphatic rings. The summed E-state index contributed by atoms with van der Waals surface area (Å²) < 4.78 is 37.1. The first kappa shape index (κ1) is 28.3. The Bertz CT molecular complexity index is 1190. The second-order valence-corrected chi connectivity index (χ2v) is 12.1. The van der Waals surface area contributed by atoms with Gasteiger partial charge in [-0.3, -0.25) is 13.9 Å². The molecular formula is C27H37N3O6S. The number of amides is 2. The highest BCUT2D eigenvalue weighted by molar-refractivity contribution is 7.92. The van der Waals surface area contributed by atoms with Crippen LogP contribution in [-0.2, 0) is 26.2 Å². The number of rotatable bonds is 11. The Hall–Kier alpha value is -3.27. The first-order chi connectivity index (χ1) is 17.4. The normalized spacial score (nSPS) is 13.6. The van der Waals surface area contributed by atoms with Crippen molar-refractivity contribution in [3.8, 4) is 11.5 Å². The molecule has 1 N–H and O–H groups in total. The predicted molar refractivity (Wildman–Crippen MR) is 143 cm³/mol. The Morgan fingerprint density at radius 1 is 1.05 bits per heavy atom. The molecule has 2 aromatic carbocycles. The molecule has 0 spiro atoms. The maximum Gasteiger partial charge on any atom is 0.243 e. The van der Waals surface area contributed by atoms with Gasteiger partial charge in [0, 0.05) is 31.1 Å². The second-order valence-electron chi connectivity index (χ2n) is 10.1. The molecule has 37 heavy (non-hydrogen) atoms. The zero-order valence-electron chi connectivity index (χ0n) is 22.2. The quantitative estimate of drug-likeness (QED) is 0.474. The topological polar surface area (TPSA) is 105 Å². The highest BCUT2D eigenvalue weighted by Gasteiger charge is 2.31. The summed E-state index contributed by atoms with van der Waals surface area (Å²) in [5.74, 6) is 0.617. The van der Waals surface area contributed by atoms with Crippen molar-refractivity contribution < 1.29 is 27.5 Å². The number of hydrogen-bond donors (Lipinski definition) is 1. The lowest BCUT2D eigenvalue weighted by atomic mass is 10.0. The van der Waals surface area contributed by atoms with Gasteiger partial charge in [-0.05, 0) is 51.3 Å². The first-order valence-corrected chi connectivity index (χ1v) is 14.3. The molecule has 0 radical (unpaired) electrons. The molecule has 1 aliphatic heterocycles. The predicted octanol–water partition coefficient (Wildman–Crippen LogP) is 3.68. The minimum absolute atomic E-state index is 0.0860. The fourth-order valence-corrected chi connectivity index (χ4v) is 5.15. The molecule has 2 amide bonds. The van der Waals surface area contributed by atoms with E-state index >= 15 is 0 Å². The lowest BCUT2D eigenvalue weighted by Gasteiger charge is -2.33. The van der Waals surface area contributed by atoms with E-state index in [-0.39, 0.29) is 44.5 Å². The first-order valence-electron chi connectivity index (χ1n) is 12.4. The second kappa shape index (κ2) is 11.9. The van der Waals surface area contributed by atoms with E-state index in [1.165, 1.54) is 4.31 Å². The third-order valence-electron chi connectivity index (χ3n) is 5.88. The minimum atomic E-state index is -3.61. The highest BCUT2D eigenvalue weighted by atomic mass is 32.2. The maximum absolute atomic E-state index is 13.5. The molecule has 3 rings (SSSR count). The SMILES string of the molecule is CC[C@@H](C(=O)NC(C)(C)C)N(Cc1ccccc1)C(=O)CCCN(c1ccc2c(c1)OCO2)S(C)(=O)=O. The molecule has 0 bridgehead atoms. The number of sulfonamides is 1. The highest BCUT2D eigenvalue weighted by Crippen LogP contribution is 2.36. The molecule has 0 aromatic heterocycles. The number of hydrogen-bond acceptors (Lipinski definition) is 6. The van der Waals surface area contributed by atoms with Crippen molar-refractivity contribution in [1.29, 1.82) is 0 Å². The summed E-state index contributed by atoms with van der Waals surface area (Å²) in [6.45, 7) is 8.06. The molecule has 202 valence electrons. The fourth-order valence-electron chi connectivity index (χ4n) is 4.20. The van der Waals surface area contributed by atoms with Crippen molar-refractivity contribution in [3.63, 3.8) is 0 Å². The number of anilines is 1. The van der Waals surface area contributed by atoms with E-state index in [2.05, 4.69) is 5.32 Å². The van der Waals surface area contributed by atoms with Crippen LogP contribution in [0, 0.1) is 0 Å². The summed E-state index contributed by atoms with van der Waals surface area (Å²) in [6, 6.07) is 13.8. The summed E-state index contributed by atoms with van der Waals surface area (Å²) in [7, 11) is -3.61. The number of fused-ring (bicyclic) bond motifs is 1. The molecule has 0 unspecified atom stereocenters. The standard InChI is InChI=1S/C27H37N3O6S/c1-6-22(26(32)28-27(2,3)4)29(18-20-11-8-7-9-12-20)25(31)13-10-16-30(37(5,33)34)21-14-15-23-24(17-21)36-19-35-23/h7-9,11-12,14-15,17,22H,6,10,13,16,18-19H2,1-5H3,(H,28,32)/t22-/m0/s1. The summed E-state index contributed by atoms with van der Waals surface area (Å²) in [4.78, 5) is 28.2. The van der Waals surface area contributed by atoms with Crippen LogP contribution in [-0.4, -0.2) is 56.3 Å². The van der Waals surface area contributed by atoms with Gasteiger partial charge in [0.15, 0.2) is 11.5 Å². The third-order valence-corrected chi connectivity index (χ3v) is 7.07. The average molecular weight is 532 g/mol. The van der Waals surface area contributed by atoms with Gasteiger partial charge in [-0.1, -0.05) is 37.3 Å². The Balaban J connectivity index is 1.76. The van der Waals surface area contributed by atoms with Crippen molar-refractivity contribution in [2.75, 3.05) is 23.9 Å². The molecule has 0 saturated heterocycles. The number of nitrogens with zero attached hydrogens (tertiary/aromatic N) is 2. The lowest BCUT2D eigenvalue weighted by Crippen LogP contribution is -2.53. The Kier molecular flexibility index (Phi) is 9.07. The van der Waals surface area contributed by atoms with E-state index < -0.39 is 21.6 Å². The van der Waals surface area contributed by atoms with Crippen LogP contribution in [0.2, 0.25) is 0 Å². The van der Waals surface area contributed by atoms with Crippen LogP contribution in [0.3, 0.4) is 0 Å². The van der Waals surface area contributed by atoms with E-state index in [4.69, 9.17) is 9.47 Å². The summed E-state index contributed by atoms with van der Waals surface area (Å²) in [5.41, 5.74) is 0.916. The fraction of sp³-hybridized carbons (Fsp3) is 0.481. The van der Waals surface area contributed by atoms with E-state index in [9.17, 15) is 18.0 Å². The summed E-state index contributed by atoms with van der Waals surface area (Å²) in [6.07, 6.45) is 1.95. The molecule has 0 aliphatic carbocycles. The van der Waals surface area contributed by atoms with E-state index in [0.29, 0.717) is 23.6 Å².